The molecule has 39 heavy (non-hydrogen) atoms. The minimum atomic E-state index is -1.00. The Kier molecular flexibility index (Phi) is 7.49. The van der Waals surface area contributed by atoms with Gasteiger partial charge in [-0.05, 0) is 86.9 Å². The normalized spacial score (nSPS) is 19.3. The summed E-state index contributed by atoms with van der Waals surface area (Å²) in [7, 11) is 0. The van der Waals surface area contributed by atoms with Gasteiger partial charge in [-0.25, -0.2) is 4.79 Å². The van der Waals surface area contributed by atoms with Crippen molar-refractivity contribution in [3.8, 4) is 0 Å². The third-order valence-corrected chi connectivity index (χ3v) is 8.47. The number of nitrogens with one attached hydrogen (secondary N) is 1. The third-order valence-electron chi connectivity index (χ3n) is 7.20. The number of thioether (sulfide) groups is 1. The van der Waals surface area contributed by atoms with Crippen molar-refractivity contribution in [3.63, 3.8) is 0 Å². The van der Waals surface area contributed by atoms with E-state index in [1.54, 1.807) is 42.1 Å². The largest absolute Gasteiger partial charge is 0.478 e. The standard InChI is InChI=1S/C33H31NO4S/c1-19-15-26(21(3)34-28-11-7-6-10-25(28)33(36)37)32-27(16-19)29(35)18-30(38-32)23-9-5-8-12-31-24(17-23)14-13-20(2)22(4)39-31/h5-12,15-18,21,34H,13-14H2,1-4H3,(H,36,37)/b8-5?,9-5+,12-8+,23-9?,23-17+,24-17?,31-12?/t21-/m1/s1. The fourth-order valence-electron chi connectivity index (χ4n) is 4.92. The highest BCUT2D eigenvalue weighted by Crippen LogP contribution is 2.39. The molecule has 6 heteroatoms. The second-order valence-corrected chi connectivity index (χ2v) is 11.3. The number of aryl methyl sites for hydroxylation is 1. The van der Waals surface area contributed by atoms with Crippen LogP contribution >= 0.6 is 11.8 Å². The average Bonchev–Trinajstić information content (AvgIpc) is 3.01. The third kappa shape index (κ3) is 5.57. The summed E-state index contributed by atoms with van der Waals surface area (Å²) in [6, 6.07) is 11.9. The van der Waals surface area contributed by atoms with Crippen LogP contribution in [0.15, 0.2) is 103 Å². The van der Waals surface area contributed by atoms with Gasteiger partial charge in [-0.3, -0.25) is 4.79 Å². The van der Waals surface area contributed by atoms with Gasteiger partial charge in [0.15, 0.2) is 5.43 Å². The van der Waals surface area contributed by atoms with Gasteiger partial charge in [0.1, 0.15) is 11.3 Å². The molecule has 5 nitrogen and oxygen atoms in total. The number of aromatic carboxylic acids is 1. The summed E-state index contributed by atoms with van der Waals surface area (Å²) < 4.78 is 6.51. The van der Waals surface area contributed by atoms with Gasteiger partial charge in [0.25, 0.3) is 0 Å². The number of hydrogen-bond donors (Lipinski definition) is 2. The number of carbonyl (C=O) groups is 1. The molecule has 1 aliphatic heterocycles. The van der Waals surface area contributed by atoms with Gasteiger partial charge in [0, 0.05) is 27.8 Å². The van der Waals surface area contributed by atoms with E-state index in [4.69, 9.17) is 4.42 Å². The summed E-state index contributed by atoms with van der Waals surface area (Å²) in [6.45, 7) is 8.23. The number of hydrogen-bond acceptors (Lipinski definition) is 5. The van der Waals surface area contributed by atoms with Crippen LogP contribution in [0.5, 0.6) is 0 Å². The Morgan fingerprint density at radius 3 is 2.62 bits per heavy atom. The van der Waals surface area contributed by atoms with Gasteiger partial charge in [-0.15, -0.1) is 0 Å². The lowest BCUT2D eigenvalue weighted by Crippen LogP contribution is -2.13. The lowest BCUT2D eigenvalue weighted by Gasteiger charge is -2.19. The van der Waals surface area contributed by atoms with E-state index in [0.717, 1.165) is 29.5 Å². The van der Waals surface area contributed by atoms with E-state index in [2.05, 4.69) is 31.3 Å². The van der Waals surface area contributed by atoms with E-state index in [9.17, 15) is 14.7 Å². The Labute approximate surface area is 232 Å². The van der Waals surface area contributed by atoms with Crippen LogP contribution in [0.1, 0.15) is 66.9 Å². The Hall–Kier alpha value is -4.03. The number of carboxylic acids is 1. The summed E-state index contributed by atoms with van der Waals surface area (Å²) in [5.41, 5.74) is 6.26. The zero-order chi connectivity index (χ0) is 27.7. The molecule has 5 rings (SSSR count). The predicted octanol–water partition coefficient (Wildman–Crippen LogP) is 8.56. The summed E-state index contributed by atoms with van der Waals surface area (Å²) in [5, 5.41) is 13.5. The van der Waals surface area contributed by atoms with Crippen molar-refractivity contribution in [2.75, 3.05) is 5.32 Å². The number of para-hydroxylation sites is 1. The summed E-state index contributed by atoms with van der Waals surface area (Å²) in [4.78, 5) is 27.7. The van der Waals surface area contributed by atoms with Gasteiger partial charge in [-0.1, -0.05) is 53.8 Å². The number of fused-ring (bicyclic) bond motifs is 1. The van der Waals surface area contributed by atoms with Crippen molar-refractivity contribution >= 4 is 40.0 Å². The monoisotopic (exact) mass is 537 g/mol. The molecule has 3 aromatic rings. The lowest BCUT2D eigenvalue weighted by atomic mass is 9.98. The van der Waals surface area contributed by atoms with Crippen molar-refractivity contribution in [3.05, 3.63) is 126 Å². The second kappa shape index (κ2) is 11.0. The Balaban J connectivity index is 1.61. The SMILES string of the molecule is CC1=C(C)SC2=C(\C=C(c3cc(=O)c4cc(C)cc([C@@H](C)Nc5ccccc5C(=O)O)c4o3)/C=C/C=C/2)CC1. The van der Waals surface area contributed by atoms with Crippen molar-refractivity contribution in [1.29, 1.82) is 0 Å². The first-order chi connectivity index (χ1) is 18.7. The molecule has 2 heterocycles. The molecule has 198 valence electrons. The Morgan fingerprint density at radius 1 is 1.05 bits per heavy atom. The van der Waals surface area contributed by atoms with Crippen LogP contribution in [0.4, 0.5) is 5.69 Å². The quantitative estimate of drug-likeness (QED) is 0.339. The van der Waals surface area contributed by atoms with Gasteiger partial charge >= 0.3 is 5.97 Å². The van der Waals surface area contributed by atoms with Gasteiger partial charge < -0.3 is 14.8 Å². The maximum absolute atomic E-state index is 13.4. The molecule has 0 saturated heterocycles. The van der Waals surface area contributed by atoms with E-state index in [0.29, 0.717) is 22.4 Å². The van der Waals surface area contributed by atoms with Crippen LogP contribution in [0.3, 0.4) is 0 Å². The highest BCUT2D eigenvalue weighted by atomic mass is 32.2. The van der Waals surface area contributed by atoms with Crippen molar-refractivity contribution in [2.24, 2.45) is 0 Å². The number of rotatable bonds is 5. The Morgan fingerprint density at radius 2 is 1.82 bits per heavy atom. The summed E-state index contributed by atoms with van der Waals surface area (Å²) in [6.07, 6.45) is 12.2. The molecule has 1 aromatic heterocycles. The predicted molar refractivity (Wildman–Crippen MR) is 161 cm³/mol. The maximum atomic E-state index is 13.4. The van der Waals surface area contributed by atoms with E-state index >= 15 is 0 Å². The topological polar surface area (TPSA) is 79.5 Å². The van der Waals surface area contributed by atoms with Crippen LogP contribution in [-0.4, -0.2) is 11.1 Å². The average molecular weight is 538 g/mol. The van der Waals surface area contributed by atoms with Crippen molar-refractivity contribution < 1.29 is 14.3 Å². The fourth-order valence-corrected chi connectivity index (χ4v) is 5.96. The van der Waals surface area contributed by atoms with E-state index in [1.807, 2.05) is 44.2 Å². The zero-order valence-electron chi connectivity index (χ0n) is 22.5. The van der Waals surface area contributed by atoms with E-state index in [-0.39, 0.29) is 17.0 Å². The van der Waals surface area contributed by atoms with Gasteiger partial charge in [0.2, 0.25) is 0 Å². The smallest absolute Gasteiger partial charge is 0.337 e. The van der Waals surface area contributed by atoms with Gasteiger partial charge in [0.05, 0.1) is 17.0 Å². The van der Waals surface area contributed by atoms with Crippen molar-refractivity contribution in [2.45, 2.75) is 46.6 Å². The zero-order valence-corrected chi connectivity index (χ0v) is 23.3. The van der Waals surface area contributed by atoms with Crippen molar-refractivity contribution in [1.82, 2.24) is 0 Å². The van der Waals surface area contributed by atoms with Crippen LogP contribution in [0, 0.1) is 6.92 Å². The minimum Gasteiger partial charge on any atom is -0.478 e. The van der Waals surface area contributed by atoms with E-state index < -0.39 is 5.97 Å². The molecule has 0 amide bonds. The first-order valence-electron chi connectivity index (χ1n) is 13.0. The molecular weight excluding hydrogens is 506 g/mol. The molecule has 0 radical (unpaired) electrons. The second-order valence-electron chi connectivity index (χ2n) is 10.1. The molecule has 1 atom stereocenters. The minimum absolute atomic E-state index is 0.112. The summed E-state index contributed by atoms with van der Waals surface area (Å²) >= 11 is 1.79. The van der Waals surface area contributed by atoms with Crippen LogP contribution in [-0.2, 0) is 0 Å². The van der Waals surface area contributed by atoms with Crippen LogP contribution < -0.4 is 10.7 Å². The lowest BCUT2D eigenvalue weighted by molar-refractivity contribution is 0.0698. The highest BCUT2D eigenvalue weighted by Gasteiger charge is 2.20. The molecular formula is C33H31NO4S. The number of benzene rings is 2. The first kappa shape index (κ1) is 26.6. The van der Waals surface area contributed by atoms with Crippen LogP contribution in [0.25, 0.3) is 16.5 Å². The molecule has 2 aliphatic rings. The molecule has 0 fully saturated rings. The highest BCUT2D eigenvalue weighted by molar-refractivity contribution is 8.06. The first-order valence-corrected chi connectivity index (χ1v) is 13.8. The van der Waals surface area contributed by atoms with E-state index in [1.165, 1.54) is 21.0 Å². The number of carboxylic acid groups (broad SMARTS) is 1. The molecule has 0 saturated carbocycles. The van der Waals surface area contributed by atoms with Gasteiger partial charge in [-0.2, -0.15) is 0 Å². The summed E-state index contributed by atoms with van der Waals surface area (Å²) in [5.74, 6) is -0.499. The molecule has 0 bridgehead atoms. The Bertz CT molecular complexity index is 1700. The molecule has 0 unspecified atom stereocenters. The maximum Gasteiger partial charge on any atom is 0.337 e. The molecule has 0 spiro atoms. The molecule has 2 N–H and O–H groups in total. The number of anilines is 1. The molecule has 2 aromatic carbocycles. The molecule has 1 aliphatic carbocycles. The van der Waals surface area contributed by atoms with Crippen LogP contribution in [0.2, 0.25) is 0 Å². The fraction of sp³-hybridized carbons (Fsp3) is 0.212. The number of allylic oxidation sites excluding steroid dienone is 9.